The molecule has 2 aromatic rings. The van der Waals surface area contributed by atoms with Crippen LogP contribution in [0.2, 0.25) is 0 Å². The van der Waals surface area contributed by atoms with Gasteiger partial charge in [0.2, 0.25) is 5.91 Å². The maximum Gasteiger partial charge on any atom is 0.254 e. The van der Waals surface area contributed by atoms with Crippen LogP contribution in [0.25, 0.3) is 0 Å². The van der Waals surface area contributed by atoms with Gasteiger partial charge in [-0.1, -0.05) is 24.3 Å². The van der Waals surface area contributed by atoms with Gasteiger partial charge < -0.3 is 15.7 Å². The summed E-state index contributed by atoms with van der Waals surface area (Å²) in [7, 11) is 0. The van der Waals surface area contributed by atoms with E-state index in [2.05, 4.69) is 27.7 Å². The molecular formula is C24H29F2N3O3. The number of nitrogens with one attached hydrogen (secondary N) is 2. The SMILES string of the molecule is O=C(CCCNC(=O)c1ccc(F)cc1F)NCc1ccc(CN2CCC(O)CC2)cc1. The Morgan fingerprint density at radius 1 is 1.00 bits per heavy atom. The third kappa shape index (κ3) is 7.39. The zero-order valence-electron chi connectivity index (χ0n) is 17.9. The first-order valence-electron chi connectivity index (χ1n) is 10.9. The van der Waals surface area contributed by atoms with Gasteiger partial charge in [-0.2, -0.15) is 0 Å². The van der Waals surface area contributed by atoms with Crippen LogP contribution in [0.4, 0.5) is 8.78 Å². The minimum atomic E-state index is -0.916. The number of likely N-dealkylation sites (tertiary alicyclic amines) is 1. The molecule has 1 aliphatic heterocycles. The standard InChI is InChI=1S/C24H29F2N3O3/c25-19-7-8-21(22(26)14-19)24(32)27-11-1-2-23(31)28-15-17-3-5-18(6-4-17)16-29-12-9-20(30)10-13-29/h3-8,14,20,30H,1-2,9-13,15-16H2,(H,27,32)(H,28,31). The molecular weight excluding hydrogens is 416 g/mol. The Balaban J connectivity index is 1.32. The van der Waals surface area contributed by atoms with Crippen LogP contribution in [0.3, 0.4) is 0 Å². The molecule has 32 heavy (non-hydrogen) atoms. The summed E-state index contributed by atoms with van der Waals surface area (Å²) in [6, 6.07) is 10.9. The van der Waals surface area contributed by atoms with Crippen molar-refractivity contribution < 1.29 is 23.5 Å². The Hall–Kier alpha value is -2.84. The van der Waals surface area contributed by atoms with Gasteiger partial charge in [-0.05, 0) is 42.5 Å². The molecule has 3 N–H and O–H groups in total. The van der Waals surface area contributed by atoms with E-state index in [0.29, 0.717) is 19.0 Å². The average molecular weight is 446 g/mol. The van der Waals surface area contributed by atoms with Crippen molar-refractivity contribution in [2.24, 2.45) is 0 Å². The summed E-state index contributed by atoms with van der Waals surface area (Å²) < 4.78 is 26.5. The van der Waals surface area contributed by atoms with Crippen molar-refractivity contribution in [1.82, 2.24) is 15.5 Å². The highest BCUT2D eigenvalue weighted by atomic mass is 19.1. The normalized spacial score (nSPS) is 14.8. The number of aliphatic hydroxyl groups excluding tert-OH is 1. The molecule has 172 valence electrons. The predicted molar refractivity (Wildman–Crippen MR) is 117 cm³/mol. The van der Waals surface area contributed by atoms with Crippen molar-refractivity contribution in [3.05, 3.63) is 70.8 Å². The van der Waals surface area contributed by atoms with Crippen LogP contribution in [-0.4, -0.2) is 47.6 Å². The molecule has 0 aliphatic carbocycles. The van der Waals surface area contributed by atoms with Crippen molar-refractivity contribution in [3.8, 4) is 0 Å². The second-order valence-corrected chi connectivity index (χ2v) is 8.08. The van der Waals surface area contributed by atoms with Crippen molar-refractivity contribution in [2.75, 3.05) is 19.6 Å². The monoisotopic (exact) mass is 445 g/mol. The van der Waals surface area contributed by atoms with Gasteiger partial charge in [-0.25, -0.2) is 8.78 Å². The van der Waals surface area contributed by atoms with E-state index in [-0.39, 0.29) is 30.5 Å². The molecule has 0 radical (unpaired) electrons. The summed E-state index contributed by atoms with van der Waals surface area (Å²) in [5, 5.41) is 15.0. The number of piperidine rings is 1. The molecule has 1 aliphatic rings. The highest BCUT2D eigenvalue weighted by Crippen LogP contribution is 2.14. The number of carbonyl (C=O) groups is 2. The Labute approximate surface area is 186 Å². The van der Waals surface area contributed by atoms with Gasteiger partial charge in [0, 0.05) is 45.2 Å². The molecule has 0 saturated carbocycles. The number of hydrogen-bond donors (Lipinski definition) is 3. The maximum absolute atomic E-state index is 13.6. The van der Waals surface area contributed by atoms with E-state index in [9.17, 15) is 23.5 Å². The summed E-state index contributed by atoms with van der Waals surface area (Å²) in [5.41, 5.74) is 1.97. The van der Waals surface area contributed by atoms with E-state index in [1.807, 2.05) is 12.1 Å². The summed E-state index contributed by atoms with van der Waals surface area (Å²) in [4.78, 5) is 26.3. The van der Waals surface area contributed by atoms with Crippen molar-refractivity contribution >= 4 is 11.8 Å². The summed E-state index contributed by atoms with van der Waals surface area (Å²) in [5.74, 6) is -2.43. The highest BCUT2D eigenvalue weighted by molar-refractivity contribution is 5.94. The van der Waals surface area contributed by atoms with Crippen molar-refractivity contribution in [2.45, 2.75) is 44.9 Å². The number of benzene rings is 2. The first-order valence-corrected chi connectivity index (χ1v) is 10.9. The van der Waals surface area contributed by atoms with E-state index in [1.165, 1.54) is 5.56 Å². The molecule has 0 spiro atoms. The molecule has 2 amide bonds. The van der Waals surface area contributed by atoms with E-state index in [1.54, 1.807) is 0 Å². The number of aliphatic hydroxyl groups is 1. The topological polar surface area (TPSA) is 81.7 Å². The second-order valence-electron chi connectivity index (χ2n) is 8.08. The fourth-order valence-corrected chi connectivity index (χ4v) is 3.61. The number of carbonyl (C=O) groups excluding carboxylic acids is 2. The Bertz CT molecular complexity index is 913. The Morgan fingerprint density at radius 3 is 2.38 bits per heavy atom. The van der Waals surface area contributed by atoms with Gasteiger partial charge in [0.05, 0.1) is 11.7 Å². The Morgan fingerprint density at radius 2 is 1.69 bits per heavy atom. The van der Waals surface area contributed by atoms with E-state index in [4.69, 9.17) is 0 Å². The molecule has 0 unspecified atom stereocenters. The van der Waals surface area contributed by atoms with Crippen molar-refractivity contribution in [1.29, 1.82) is 0 Å². The fourth-order valence-electron chi connectivity index (χ4n) is 3.61. The van der Waals surface area contributed by atoms with Gasteiger partial charge in [0.1, 0.15) is 11.6 Å². The van der Waals surface area contributed by atoms with E-state index < -0.39 is 17.5 Å². The molecule has 0 bridgehead atoms. The first kappa shape index (κ1) is 23.8. The molecule has 0 aromatic heterocycles. The largest absolute Gasteiger partial charge is 0.393 e. The quantitative estimate of drug-likeness (QED) is 0.519. The summed E-state index contributed by atoms with van der Waals surface area (Å²) in [6.07, 6.45) is 2.09. The lowest BCUT2D eigenvalue weighted by Crippen LogP contribution is -2.35. The smallest absolute Gasteiger partial charge is 0.254 e. The van der Waals surface area contributed by atoms with Gasteiger partial charge in [0.15, 0.2) is 0 Å². The number of rotatable bonds is 9. The third-order valence-corrected chi connectivity index (χ3v) is 5.52. The zero-order chi connectivity index (χ0) is 22.9. The molecule has 1 heterocycles. The van der Waals surface area contributed by atoms with Crippen LogP contribution in [0, 0.1) is 11.6 Å². The Kier molecular flexibility index (Phi) is 8.70. The number of hydrogen-bond acceptors (Lipinski definition) is 4. The van der Waals surface area contributed by atoms with Crippen LogP contribution in [-0.2, 0) is 17.9 Å². The minimum absolute atomic E-state index is 0.136. The maximum atomic E-state index is 13.6. The van der Waals surface area contributed by atoms with Gasteiger partial charge in [-0.3, -0.25) is 14.5 Å². The predicted octanol–water partition coefficient (Wildman–Crippen LogP) is 2.75. The highest BCUT2D eigenvalue weighted by Gasteiger charge is 2.17. The number of halogens is 2. The zero-order valence-corrected chi connectivity index (χ0v) is 17.9. The summed E-state index contributed by atoms with van der Waals surface area (Å²) in [6.45, 7) is 3.29. The third-order valence-electron chi connectivity index (χ3n) is 5.52. The molecule has 1 fully saturated rings. The molecule has 2 aromatic carbocycles. The van der Waals surface area contributed by atoms with Gasteiger partial charge >= 0.3 is 0 Å². The molecule has 6 nitrogen and oxygen atoms in total. The molecule has 8 heteroatoms. The van der Waals surface area contributed by atoms with Crippen LogP contribution < -0.4 is 10.6 Å². The van der Waals surface area contributed by atoms with Gasteiger partial charge in [-0.15, -0.1) is 0 Å². The van der Waals surface area contributed by atoms with Crippen LogP contribution in [0.15, 0.2) is 42.5 Å². The lowest BCUT2D eigenvalue weighted by Gasteiger charge is -2.29. The van der Waals surface area contributed by atoms with Crippen LogP contribution in [0.5, 0.6) is 0 Å². The molecule has 0 atom stereocenters. The van der Waals surface area contributed by atoms with Crippen LogP contribution >= 0.6 is 0 Å². The minimum Gasteiger partial charge on any atom is -0.393 e. The lowest BCUT2D eigenvalue weighted by molar-refractivity contribution is -0.121. The van der Waals surface area contributed by atoms with Crippen molar-refractivity contribution in [3.63, 3.8) is 0 Å². The fraction of sp³-hybridized carbons (Fsp3) is 0.417. The molecule has 3 rings (SSSR count). The van der Waals surface area contributed by atoms with E-state index in [0.717, 1.165) is 50.2 Å². The first-order chi connectivity index (χ1) is 15.4. The average Bonchev–Trinajstić information content (AvgIpc) is 2.77. The number of amides is 2. The summed E-state index contributed by atoms with van der Waals surface area (Å²) >= 11 is 0. The number of nitrogens with zero attached hydrogens (tertiary/aromatic N) is 1. The molecule has 1 saturated heterocycles. The van der Waals surface area contributed by atoms with Gasteiger partial charge in [0.25, 0.3) is 5.91 Å². The van der Waals surface area contributed by atoms with E-state index >= 15 is 0 Å². The lowest BCUT2D eigenvalue weighted by atomic mass is 10.1. The van der Waals surface area contributed by atoms with Crippen LogP contribution in [0.1, 0.15) is 47.2 Å². The second kappa shape index (κ2) is 11.7.